The van der Waals surface area contributed by atoms with Crippen molar-refractivity contribution >= 4 is 10.9 Å². The Morgan fingerprint density at radius 2 is 1.30 bits per heavy atom. The molecule has 0 bridgehead atoms. The number of pyridine rings is 1. The van der Waals surface area contributed by atoms with Gasteiger partial charge in [-0.1, -0.05) is 30.3 Å². The molecule has 134 valence electrons. The summed E-state index contributed by atoms with van der Waals surface area (Å²) in [4.78, 5) is 4.42. The van der Waals surface area contributed by atoms with Gasteiger partial charge in [0.15, 0.2) is 0 Å². The zero-order valence-electron chi connectivity index (χ0n) is 15.1. The fourth-order valence-electron chi connectivity index (χ4n) is 3.23. The lowest BCUT2D eigenvalue weighted by molar-refractivity contribution is 0.415. The van der Waals surface area contributed by atoms with E-state index in [0.717, 1.165) is 39.1 Å². The van der Waals surface area contributed by atoms with Crippen LogP contribution in [0.4, 0.5) is 0 Å². The number of ether oxygens (including phenoxy) is 2. The summed E-state index contributed by atoms with van der Waals surface area (Å²) in [6, 6.07) is 21.3. The Labute approximate surface area is 157 Å². The second-order valence-electron chi connectivity index (χ2n) is 6.18. The van der Waals surface area contributed by atoms with E-state index in [4.69, 9.17) is 9.47 Å². The highest BCUT2D eigenvalue weighted by Crippen LogP contribution is 2.41. The molecule has 4 nitrogen and oxygen atoms in total. The number of methoxy groups -OCH3 is 2. The van der Waals surface area contributed by atoms with Crippen molar-refractivity contribution in [1.82, 2.24) is 4.98 Å². The average Bonchev–Trinajstić information content (AvgIpc) is 2.74. The fourth-order valence-corrected chi connectivity index (χ4v) is 3.23. The first-order chi connectivity index (χ1) is 13.2. The smallest absolute Gasteiger partial charge is 0.149 e. The molecule has 1 heterocycles. The Balaban J connectivity index is 1.95. The van der Waals surface area contributed by atoms with Crippen molar-refractivity contribution in [3.63, 3.8) is 0 Å². The molecule has 0 aliphatic carbocycles. The van der Waals surface area contributed by atoms with E-state index in [1.165, 1.54) is 0 Å². The van der Waals surface area contributed by atoms with Crippen molar-refractivity contribution in [2.24, 2.45) is 0 Å². The summed E-state index contributed by atoms with van der Waals surface area (Å²) in [5.74, 6) is 1.75. The van der Waals surface area contributed by atoms with Crippen LogP contribution in [0.2, 0.25) is 0 Å². The van der Waals surface area contributed by atoms with Crippen molar-refractivity contribution < 1.29 is 14.6 Å². The molecule has 4 heteroatoms. The third-order valence-electron chi connectivity index (χ3n) is 4.67. The van der Waals surface area contributed by atoms with Crippen LogP contribution in [0, 0.1) is 0 Å². The molecular formula is C23H19NO3. The molecule has 0 aliphatic rings. The molecule has 1 N–H and O–H groups in total. The Morgan fingerprint density at radius 1 is 0.741 bits per heavy atom. The third kappa shape index (κ3) is 3.06. The van der Waals surface area contributed by atoms with Crippen LogP contribution in [0.5, 0.6) is 17.2 Å². The van der Waals surface area contributed by atoms with E-state index in [9.17, 15) is 5.11 Å². The molecule has 0 atom stereocenters. The van der Waals surface area contributed by atoms with E-state index in [1.807, 2.05) is 66.7 Å². The number of fused-ring (bicyclic) bond motifs is 1. The monoisotopic (exact) mass is 357 g/mol. The van der Waals surface area contributed by atoms with Gasteiger partial charge in [0.1, 0.15) is 22.8 Å². The molecule has 0 aliphatic heterocycles. The standard InChI is InChI=1S/C23H19NO3/c1-26-17-9-5-15(6-10-17)20-14-21(16-7-11-18(27-2)12-8-16)23(25)22-19(20)4-3-13-24-22/h3-14,25H,1-2H3. The predicted molar refractivity (Wildman–Crippen MR) is 107 cm³/mol. The first-order valence-corrected chi connectivity index (χ1v) is 8.61. The van der Waals surface area contributed by atoms with Crippen LogP contribution >= 0.6 is 0 Å². The van der Waals surface area contributed by atoms with Gasteiger partial charge < -0.3 is 14.6 Å². The van der Waals surface area contributed by atoms with E-state index in [2.05, 4.69) is 4.98 Å². The number of phenolic OH excluding ortho intramolecular Hbond substituents is 1. The molecule has 0 amide bonds. The lowest BCUT2D eigenvalue weighted by atomic mass is 9.94. The summed E-state index contributed by atoms with van der Waals surface area (Å²) in [5.41, 5.74) is 4.25. The van der Waals surface area contributed by atoms with E-state index < -0.39 is 0 Å². The topological polar surface area (TPSA) is 51.6 Å². The molecule has 0 radical (unpaired) electrons. The lowest BCUT2D eigenvalue weighted by Crippen LogP contribution is -1.90. The summed E-state index contributed by atoms with van der Waals surface area (Å²) in [6.45, 7) is 0. The maximum absolute atomic E-state index is 10.9. The Morgan fingerprint density at radius 3 is 1.85 bits per heavy atom. The van der Waals surface area contributed by atoms with E-state index in [0.29, 0.717) is 5.52 Å². The lowest BCUT2D eigenvalue weighted by Gasteiger charge is -2.14. The minimum atomic E-state index is 0.174. The highest BCUT2D eigenvalue weighted by atomic mass is 16.5. The average molecular weight is 357 g/mol. The second-order valence-corrected chi connectivity index (χ2v) is 6.18. The van der Waals surface area contributed by atoms with E-state index >= 15 is 0 Å². The molecule has 0 spiro atoms. The molecule has 1 aromatic heterocycles. The maximum atomic E-state index is 10.9. The molecule has 0 saturated carbocycles. The number of benzene rings is 3. The summed E-state index contributed by atoms with van der Waals surface area (Å²) >= 11 is 0. The molecule has 4 rings (SSSR count). The van der Waals surface area contributed by atoms with Crippen LogP contribution in [0.3, 0.4) is 0 Å². The van der Waals surface area contributed by atoms with Crippen molar-refractivity contribution in [2.45, 2.75) is 0 Å². The summed E-state index contributed by atoms with van der Waals surface area (Å²) in [7, 11) is 3.28. The Kier molecular flexibility index (Phi) is 4.38. The van der Waals surface area contributed by atoms with Gasteiger partial charge in [-0.3, -0.25) is 4.98 Å². The van der Waals surface area contributed by atoms with Crippen LogP contribution in [0.25, 0.3) is 33.2 Å². The van der Waals surface area contributed by atoms with Crippen LogP contribution < -0.4 is 9.47 Å². The van der Waals surface area contributed by atoms with Crippen molar-refractivity contribution in [2.75, 3.05) is 14.2 Å². The van der Waals surface area contributed by atoms with Crippen LogP contribution in [-0.4, -0.2) is 24.3 Å². The van der Waals surface area contributed by atoms with Crippen molar-refractivity contribution in [1.29, 1.82) is 0 Å². The van der Waals surface area contributed by atoms with Crippen molar-refractivity contribution in [3.05, 3.63) is 72.9 Å². The molecule has 27 heavy (non-hydrogen) atoms. The number of aromatic nitrogens is 1. The van der Waals surface area contributed by atoms with E-state index in [1.54, 1.807) is 20.4 Å². The molecular weight excluding hydrogens is 338 g/mol. The Hall–Kier alpha value is -3.53. The quantitative estimate of drug-likeness (QED) is 0.539. The molecule has 0 fully saturated rings. The predicted octanol–water partition coefficient (Wildman–Crippen LogP) is 5.29. The van der Waals surface area contributed by atoms with Gasteiger partial charge >= 0.3 is 0 Å². The molecule has 4 aromatic rings. The normalized spacial score (nSPS) is 10.7. The van der Waals surface area contributed by atoms with Gasteiger partial charge in [-0.05, 0) is 53.1 Å². The van der Waals surface area contributed by atoms with Gasteiger partial charge in [0.05, 0.1) is 14.2 Å². The zero-order valence-corrected chi connectivity index (χ0v) is 15.1. The highest BCUT2D eigenvalue weighted by Gasteiger charge is 2.15. The first kappa shape index (κ1) is 16.9. The number of phenols is 1. The second kappa shape index (κ2) is 7.00. The molecule has 0 unspecified atom stereocenters. The van der Waals surface area contributed by atoms with Gasteiger partial charge in [-0.2, -0.15) is 0 Å². The first-order valence-electron chi connectivity index (χ1n) is 8.61. The van der Waals surface area contributed by atoms with Gasteiger partial charge in [-0.15, -0.1) is 0 Å². The van der Waals surface area contributed by atoms with E-state index in [-0.39, 0.29) is 5.75 Å². The highest BCUT2D eigenvalue weighted by molar-refractivity contribution is 6.02. The van der Waals surface area contributed by atoms with Gasteiger partial charge in [-0.25, -0.2) is 0 Å². The van der Waals surface area contributed by atoms with Crippen LogP contribution in [0.15, 0.2) is 72.9 Å². The van der Waals surface area contributed by atoms with Crippen LogP contribution in [-0.2, 0) is 0 Å². The molecule has 3 aromatic carbocycles. The third-order valence-corrected chi connectivity index (χ3v) is 4.67. The minimum absolute atomic E-state index is 0.174. The summed E-state index contributed by atoms with van der Waals surface area (Å²) in [6.07, 6.45) is 1.69. The summed E-state index contributed by atoms with van der Waals surface area (Å²) < 4.78 is 10.5. The molecule has 0 saturated heterocycles. The number of rotatable bonds is 4. The van der Waals surface area contributed by atoms with Gasteiger partial charge in [0.25, 0.3) is 0 Å². The number of hydrogen-bond donors (Lipinski definition) is 1. The van der Waals surface area contributed by atoms with Crippen LogP contribution in [0.1, 0.15) is 0 Å². The number of hydrogen-bond acceptors (Lipinski definition) is 4. The SMILES string of the molecule is COc1ccc(-c2cc(-c3ccc(OC)cc3)c3cccnc3c2O)cc1. The summed E-state index contributed by atoms with van der Waals surface area (Å²) in [5, 5.41) is 11.8. The number of nitrogens with zero attached hydrogens (tertiary/aromatic N) is 1. The minimum Gasteiger partial charge on any atom is -0.505 e. The van der Waals surface area contributed by atoms with Crippen molar-refractivity contribution in [3.8, 4) is 39.5 Å². The largest absolute Gasteiger partial charge is 0.505 e. The van der Waals surface area contributed by atoms with Gasteiger partial charge in [0, 0.05) is 17.1 Å². The van der Waals surface area contributed by atoms with Gasteiger partial charge in [0.2, 0.25) is 0 Å². The Bertz CT molecular complexity index is 1090. The maximum Gasteiger partial charge on any atom is 0.149 e. The fraction of sp³-hybridized carbons (Fsp3) is 0.0870. The zero-order chi connectivity index (χ0) is 18.8. The number of aromatic hydroxyl groups is 1.